The second kappa shape index (κ2) is 7.90. The van der Waals surface area contributed by atoms with E-state index < -0.39 is 5.76 Å². The van der Waals surface area contributed by atoms with Crippen LogP contribution in [0.4, 0.5) is 8.78 Å². The van der Waals surface area contributed by atoms with E-state index in [0.29, 0.717) is 30.1 Å². The Morgan fingerprint density at radius 1 is 1.16 bits per heavy atom. The van der Waals surface area contributed by atoms with Gasteiger partial charge in [0, 0.05) is 6.04 Å². The molecule has 19 heavy (non-hydrogen) atoms. The molecule has 0 atom stereocenters. The van der Waals surface area contributed by atoms with Crippen LogP contribution in [0.2, 0.25) is 0 Å². The van der Waals surface area contributed by atoms with E-state index in [1.165, 1.54) is 38.5 Å². The molecule has 0 bridgehead atoms. The molecule has 0 radical (unpaired) electrons. The molecular weight excluding hydrogens is 268 g/mol. The largest absolute Gasteiger partial charge is 0.464 e. The minimum Gasteiger partial charge on any atom is -0.464 e. The van der Waals surface area contributed by atoms with E-state index in [4.69, 9.17) is 4.42 Å². The molecule has 1 aromatic rings. The van der Waals surface area contributed by atoms with Crippen molar-refractivity contribution in [2.45, 2.75) is 62.6 Å². The van der Waals surface area contributed by atoms with Crippen LogP contribution in [0, 0.1) is 0 Å². The molecule has 0 unspecified atom stereocenters. The first kappa shape index (κ1) is 14.9. The number of hydrogen-bond donors (Lipinski definition) is 1. The highest BCUT2D eigenvalue weighted by Crippen LogP contribution is 2.22. The highest BCUT2D eigenvalue weighted by Gasteiger charge is 2.12. The van der Waals surface area contributed by atoms with Gasteiger partial charge in [0.05, 0.1) is 12.3 Å². The lowest BCUT2D eigenvalue weighted by atomic mass is 10.1. The molecule has 1 N–H and O–H groups in total. The average Bonchev–Trinajstić information content (AvgIpc) is 2.68. The van der Waals surface area contributed by atoms with Gasteiger partial charge in [0.25, 0.3) is 5.76 Å². The fourth-order valence-electron chi connectivity index (χ4n) is 2.47. The van der Waals surface area contributed by atoms with Crippen molar-refractivity contribution < 1.29 is 13.2 Å². The van der Waals surface area contributed by atoms with Crippen molar-refractivity contribution in [1.29, 1.82) is 0 Å². The smallest absolute Gasteiger partial charge is 0.284 e. The van der Waals surface area contributed by atoms with Crippen LogP contribution in [0.15, 0.2) is 16.5 Å². The van der Waals surface area contributed by atoms with E-state index >= 15 is 0 Å². The Hall–Kier alpha value is -0.550. The zero-order valence-electron chi connectivity index (χ0n) is 11.0. The molecule has 1 aliphatic carbocycles. The van der Waals surface area contributed by atoms with Crippen molar-refractivity contribution >= 4 is 11.8 Å². The summed E-state index contributed by atoms with van der Waals surface area (Å²) >= 11 is 0.599. The van der Waals surface area contributed by atoms with Crippen molar-refractivity contribution in [3.05, 3.63) is 23.7 Å². The van der Waals surface area contributed by atoms with Gasteiger partial charge in [0.15, 0.2) is 0 Å². The fourth-order valence-corrected chi connectivity index (χ4v) is 2.91. The zero-order valence-corrected chi connectivity index (χ0v) is 11.9. The van der Waals surface area contributed by atoms with Crippen molar-refractivity contribution in [3.63, 3.8) is 0 Å². The van der Waals surface area contributed by atoms with E-state index in [-0.39, 0.29) is 5.75 Å². The van der Waals surface area contributed by atoms with Crippen LogP contribution in [-0.4, -0.2) is 11.8 Å². The lowest BCUT2D eigenvalue weighted by Crippen LogP contribution is -2.27. The molecule has 0 amide bonds. The first-order chi connectivity index (χ1) is 9.24. The number of hydrogen-bond acceptors (Lipinski definition) is 3. The maximum atomic E-state index is 12.1. The summed E-state index contributed by atoms with van der Waals surface area (Å²) in [6.45, 7) is 0.698. The molecule has 1 heterocycles. The summed E-state index contributed by atoms with van der Waals surface area (Å²) in [5.74, 6) is -0.629. The Balaban J connectivity index is 1.73. The molecule has 0 aliphatic heterocycles. The van der Waals surface area contributed by atoms with Crippen LogP contribution in [0.5, 0.6) is 0 Å². The van der Waals surface area contributed by atoms with Crippen LogP contribution in [0.1, 0.15) is 50.0 Å². The summed E-state index contributed by atoms with van der Waals surface area (Å²) in [5, 5.41) is 3.51. The number of alkyl halides is 2. The predicted octanol–water partition coefficient (Wildman–Crippen LogP) is 4.55. The van der Waals surface area contributed by atoms with Gasteiger partial charge in [0.2, 0.25) is 0 Å². The highest BCUT2D eigenvalue weighted by molar-refractivity contribution is 7.98. The van der Waals surface area contributed by atoms with Crippen LogP contribution >= 0.6 is 11.8 Å². The normalized spacial score (nSPS) is 17.8. The summed E-state index contributed by atoms with van der Waals surface area (Å²) in [4.78, 5) is 0. The number of thioether (sulfide) groups is 1. The van der Waals surface area contributed by atoms with E-state index in [9.17, 15) is 8.78 Å². The van der Waals surface area contributed by atoms with Gasteiger partial charge in [0.1, 0.15) is 11.5 Å². The second-order valence-corrected chi connectivity index (χ2v) is 5.99. The van der Waals surface area contributed by atoms with Crippen LogP contribution in [-0.2, 0) is 12.3 Å². The molecule has 0 aromatic carbocycles. The SMILES string of the molecule is FC(F)SCc1ccc(CNC2CCCCCC2)o1. The van der Waals surface area contributed by atoms with Gasteiger partial charge in [-0.1, -0.05) is 37.4 Å². The Bertz CT molecular complexity index is 362. The summed E-state index contributed by atoms with van der Waals surface area (Å²) in [7, 11) is 0. The third-order valence-electron chi connectivity index (χ3n) is 3.49. The van der Waals surface area contributed by atoms with Crippen LogP contribution in [0.3, 0.4) is 0 Å². The molecule has 1 fully saturated rings. The van der Waals surface area contributed by atoms with E-state index in [0.717, 1.165) is 5.76 Å². The molecule has 1 aliphatic rings. The highest BCUT2D eigenvalue weighted by atomic mass is 32.2. The van der Waals surface area contributed by atoms with Crippen molar-refractivity contribution in [2.24, 2.45) is 0 Å². The molecule has 108 valence electrons. The lowest BCUT2D eigenvalue weighted by Gasteiger charge is -2.14. The zero-order chi connectivity index (χ0) is 13.5. The summed E-state index contributed by atoms with van der Waals surface area (Å²) in [5.41, 5.74) is 0. The number of rotatable bonds is 6. The van der Waals surface area contributed by atoms with E-state index in [1.807, 2.05) is 6.07 Å². The monoisotopic (exact) mass is 289 g/mol. The van der Waals surface area contributed by atoms with Gasteiger partial charge in [-0.2, -0.15) is 8.78 Å². The van der Waals surface area contributed by atoms with Gasteiger partial charge in [-0.15, -0.1) is 0 Å². The fraction of sp³-hybridized carbons (Fsp3) is 0.714. The lowest BCUT2D eigenvalue weighted by molar-refractivity contribution is 0.251. The molecule has 0 spiro atoms. The average molecular weight is 289 g/mol. The van der Waals surface area contributed by atoms with Crippen molar-refractivity contribution in [2.75, 3.05) is 0 Å². The second-order valence-electron chi connectivity index (χ2n) is 5.01. The molecule has 1 saturated carbocycles. The molecule has 1 aromatic heterocycles. The van der Waals surface area contributed by atoms with Crippen molar-refractivity contribution in [1.82, 2.24) is 5.32 Å². The van der Waals surface area contributed by atoms with Crippen LogP contribution in [0.25, 0.3) is 0 Å². The molecule has 2 rings (SSSR count). The third kappa shape index (κ3) is 5.53. The van der Waals surface area contributed by atoms with Crippen LogP contribution < -0.4 is 5.32 Å². The summed E-state index contributed by atoms with van der Waals surface area (Å²) < 4.78 is 29.7. The molecular formula is C14H21F2NOS. The summed E-state index contributed by atoms with van der Waals surface area (Å²) in [6, 6.07) is 4.25. The first-order valence-electron chi connectivity index (χ1n) is 6.95. The number of halogens is 2. The predicted molar refractivity (Wildman–Crippen MR) is 74.3 cm³/mol. The van der Waals surface area contributed by atoms with E-state index in [2.05, 4.69) is 5.32 Å². The Morgan fingerprint density at radius 2 is 1.84 bits per heavy atom. The quantitative estimate of drug-likeness (QED) is 0.778. The number of furan rings is 1. The Morgan fingerprint density at radius 3 is 2.53 bits per heavy atom. The molecule has 5 heteroatoms. The van der Waals surface area contributed by atoms with Gasteiger partial charge < -0.3 is 9.73 Å². The maximum Gasteiger partial charge on any atom is 0.284 e. The first-order valence-corrected chi connectivity index (χ1v) is 7.99. The Kier molecular flexibility index (Phi) is 6.17. The van der Waals surface area contributed by atoms with Gasteiger partial charge >= 0.3 is 0 Å². The minimum atomic E-state index is -2.34. The van der Waals surface area contributed by atoms with Gasteiger partial charge in [-0.3, -0.25) is 0 Å². The topological polar surface area (TPSA) is 25.2 Å². The number of nitrogens with one attached hydrogen (secondary N) is 1. The van der Waals surface area contributed by atoms with Crippen molar-refractivity contribution in [3.8, 4) is 0 Å². The molecule has 0 saturated heterocycles. The van der Waals surface area contributed by atoms with E-state index in [1.54, 1.807) is 6.07 Å². The maximum absolute atomic E-state index is 12.1. The molecule has 2 nitrogen and oxygen atoms in total. The Labute approximate surface area is 117 Å². The van der Waals surface area contributed by atoms with Gasteiger partial charge in [-0.05, 0) is 25.0 Å². The minimum absolute atomic E-state index is 0.237. The van der Waals surface area contributed by atoms with Gasteiger partial charge in [-0.25, -0.2) is 0 Å². The standard InChI is InChI=1S/C14H21F2NOS/c15-14(16)19-10-13-8-7-12(18-13)9-17-11-5-3-1-2-4-6-11/h7-8,11,14,17H,1-6,9-10H2. The summed E-state index contributed by atoms with van der Waals surface area (Å²) in [6.07, 6.45) is 7.74. The third-order valence-corrected chi connectivity index (χ3v) is 4.19.